The molecule has 0 amide bonds. The molecule has 0 aromatic heterocycles. The van der Waals surface area contributed by atoms with Crippen molar-refractivity contribution in [3.05, 3.63) is 36.5 Å². The van der Waals surface area contributed by atoms with E-state index in [9.17, 15) is 19.5 Å². The minimum absolute atomic E-state index is 0.0351. The third-order valence-electron chi connectivity index (χ3n) is 6.84. The fraction of sp³-hybridized carbons (Fsp3) is 0.735. The van der Waals surface area contributed by atoms with Gasteiger partial charge in [0.05, 0.1) is 40.8 Å². The van der Waals surface area contributed by atoms with Crippen molar-refractivity contribution in [3.8, 4) is 0 Å². The fourth-order valence-corrected chi connectivity index (χ4v) is 4.33. The quantitative estimate of drug-likeness (QED) is 0.0465. The molecule has 0 saturated carbocycles. The van der Waals surface area contributed by atoms with Gasteiger partial charge in [0.25, 0.3) is 0 Å². The molecule has 8 heteroatoms. The molecular formula is C34H60NO7+. The van der Waals surface area contributed by atoms with E-state index in [0.29, 0.717) is 12.8 Å². The molecule has 242 valence electrons. The Morgan fingerprint density at radius 2 is 1.31 bits per heavy atom. The lowest BCUT2D eigenvalue weighted by Gasteiger charge is -2.31. The van der Waals surface area contributed by atoms with Crippen LogP contribution in [-0.4, -0.2) is 80.6 Å². The largest absolute Gasteiger partial charge is 0.477 e. The van der Waals surface area contributed by atoms with Crippen LogP contribution >= 0.6 is 0 Å². The van der Waals surface area contributed by atoms with E-state index in [1.807, 2.05) is 27.2 Å². The molecule has 0 aliphatic heterocycles. The number of carboxylic acid groups (broad SMARTS) is 1. The zero-order chi connectivity index (χ0) is 31.5. The van der Waals surface area contributed by atoms with Crippen molar-refractivity contribution in [2.24, 2.45) is 0 Å². The summed E-state index contributed by atoms with van der Waals surface area (Å²) in [7, 11) is 5.47. The van der Waals surface area contributed by atoms with Gasteiger partial charge in [-0.15, -0.1) is 0 Å². The van der Waals surface area contributed by atoms with E-state index in [4.69, 9.17) is 14.2 Å². The molecular weight excluding hydrogens is 534 g/mol. The molecule has 0 spiro atoms. The lowest BCUT2D eigenvalue weighted by Crippen LogP contribution is -2.50. The number of allylic oxidation sites excluding steroid dienone is 5. The molecule has 0 aliphatic rings. The van der Waals surface area contributed by atoms with E-state index >= 15 is 0 Å². The molecule has 1 N–H and O–H groups in total. The summed E-state index contributed by atoms with van der Waals surface area (Å²) in [5, 5.41) is 9.52. The molecule has 8 nitrogen and oxygen atoms in total. The molecule has 0 aliphatic carbocycles. The van der Waals surface area contributed by atoms with E-state index in [-0.39, 0.29) is 36.7 Å². The topological polar surface area (TPSA) is 99.1 Å². The lowest BCUT2D eigenvalue weighted by atomic mass is 10.1. The number of unbranched alkanes of at least 4 members (excludes halogenated alkanes) is 8. The van der Waals surface area contributed by atoms with Crippen molar-refractivity contribution < 1.29 is 38.2 Å². The van der Waals surface area contributed by atoms with Crippen molar-refractivity contribution in [2.75, 3.05) is 41.0 Å². The Kier molecular flexibility index (Phi) is 24.7. The number of aliphatic carboxylic acids is 1. The average molecular weight is 595 g/mol. The van der Waals surface area contributed by atoms with Crippen LogP contribution in [0.5, 0.6) is 0 Å². The highest BCUT2D eigenvalue weighted by Crippen LogP contribution is 2.12. The van der Waals surface area contributed by atoms with Crippen LogP contribution in [0.4, 0.5) is 0 Å². The summed E-state index contributed by atoms with van der Waals surface area (Å²) in [6.07, 6.45) is 25.2. The van der Waals surface area contributed by atoms with E-state index in [0.717, 1.165) is 38.5 Å². The lowest BCUT2D eigenvalue weighted by molar-refractivity contribution is -0.887. The fourth-order valence-electron chi connectivity index (χ4n) is 4.33. The molecule has 0 heterocycles. The highest BCUT2D eigenvalue weighted by Gasteiger charge is 2.31. The summed E-state index contributed by atoms with van der Waals surface area (Å²) >= 11 is 0. The van der Waals surface area contributed by atoms with Crippen molar-refractivity contribution in [2.45, 2.75) is 122 Å². The van der Waals surface area contributed by atoms with Crippen LogP contribution in [0.3, 0.4) is 0 Å². The van der Waals surface area contributed by atoms with Crippen LogP contribution in [0.25, 0.3) is 0 Å². The predicted molar refractivity (Wildman–Crippen MR) is 169 cm³/mol. The van der Waals surface area contributed by atoms with Crippen LogP contribution in [0, 0.1) is 0 Å². The molecule has 42 heavy (non-hydrogen) atoms. The van der Waals surface area contributed by atoms with Crippen molar-refractivity contribution in [3.63, 3.8) is 0 Å². The van der Waals surface area contributed by atoms with Gasteiger partial charge in [0, 0.05) is 12.8 Å². The first-order valence-corrected chi connectivity index (χ1v) is 16.0. The Hall–Kier alpha value is -2.45. The number of likely N-dealkylation sites (N-methyl/N-ethyl adjacent to an activating group) is 1. The van der Waals surface area contributed by atoms with E-state index in [2.05, 4.69) is 38.2 Å². The van der Waals surface area contributed by atoms with Gasteiger partial charge in [-0.25, -0.2) is 4.79 Å². The van der Waals surface area contributed by atoms with Gasteiger partial charge >= 0.3 is 17.9 Å². The number of nitrogens with zero attached hydrogens (tertiary/aromatic N) is 1. The predicted octanol–water partition coefficient (Wildman–Crippen LogP) is 7.18. The van der Waals surface area contributed by atoms with Gasteiger partial charge in [-0.05, 0) is 25.7 Å². The third kappa shape index (κ3) is 24.2. The Morgan fingerprint density at radius 3 is 1.88 bits per heavy atom. The zero-order valence-electron chi connectivity index (χ0n) is 27.2. The van der Waals surface area contributed by atoms with Crippen molar-refractivity contribution in [1.82, 2.24) is 0 Å². The van der Waals surface area contributed by atoms with E-state index in [1.54, 1.807) is 6.08 Å². The molecule has 0 saturated heterocycles. The molecule has 0 aromatic rings. The van der Waals surface area contributed by atoms with Crippen LogP contribution in [0.2, 0.25) is 0 Å². The van der Waals surface area contributed by atoms with Crippen molar-refractivity contribution in [1.29, 1.82) is 0 Å². The number of carbonyl (C=O) groups is 3. The van der Waals surface area contributed by atoms with Crippen LogP contribution in [-0.2, 0) is 28.6 Å². The van der Waals surface area contributed by atoms with Gasteiger partial charge in [0.2, 0.25) is 0 Å². The first kappa shape index (κ1) is 39.5. The maximum Gasteiger partial charge on any atom is 0.362 e. The maximum absolute atomic E-state index is 12.5. The minimum atomic E-state index is -0.888. The second-order valence-corrected chi connectivity index (χ2v) is 11.7. The smallest absolute Gasteiger partial charge is 0.362 e. The van der Waals surface area contributed by atoms with Gasteiger partial charge in [-0.1, -0.05) is 102 Å². The number of carbonyl (C=O) groups excluding carboxylic acids is 2. The van der Waals surface area contributed by atoms with Gasteiger partial charge in [-0.2, -0.15) is 0 Å². The average Bonchev–Trinajstić information content (AvgIpc) is 2.92. The van der Waals surface area contributed by atoms with Gasteiger partial charge < -0.3 is 23.8 Å². The number of esters is 2. The Balaban J connectivity index is 4.63. The first-order chi connectivity index (χ1) is 20.1. The molecule has 2 atom stereocenters. The van der Waals surface area contributed by atoms with E-state index in [1.165, 1.54) is 38.5 Å². The van der Waals surface area contributed by atoms with Crippen LogP contribution < -0.4 is 0 Å². The maximum atomic E-state index is 12.5. The monoisotopic (exact) mass is 594 g/mol. The number of ether oxygens (including phenoxy) is 3. The van der Waals surface area contributed by atoms with Gasteiger partial charge in [0.1, 0.15) is 6.61 Å². The van der Waals surface area contributed by atoms with E-state index < -0.39 is 24.1 Å². The number of hydrogen-bond donors (Lipinski definition) is 1. The summed E-state index contributed by atoms with van der Waals surface area (Å²) in [5.41, 5.74) is 0. The van der Waals surface area contributed by atoms with Crippen LogP contribution in [0.15, 0.2) is 36.5 Å². The second kappa shape index (κ2) is 26.2. The molecule has 0 bridgehead atoms. The summed E-state index contributed by atoms with van der Waals surface area (Å²) in [4.78, 5) is 36.4. The molecule has 0 rings (SSSR count). The third-order valence-corrected chi connectivity index (χ3v) is 6.84. The van der Waals surface area contributed by atoms with Gasteiger partial charge in [0.15, 0.2) is 12.1 Å². The Morgan fingerprint density at radius 1 is 0.738 bits per heavy atom. The summed E-state index contributed by atoms with van der Waals surface area (Å²) in [5.74, 6) is -1.63. The first-order valence-electron chi connectivity index (χ1n) is 16.0. The molecule has 2 unspecified atom stereocenters. The molecule has 0 aromatic carbocycles. The Bertz CT molecular complexity index is 798. The zero-order valence-corrected chi connectivity index (χ0v) is 27.2. The summed E-state index contributed by atoms with van der Waals surface area (Å²) in [6, 6.07) is -0.620. The van der Waals surface area contributed by atoms with Crippen molar-refractivity contribution >= 4 is 17.9 Å². The number of rotatable bonds is 27. The highest BCUT2D eigenvalue weighted by molar-refractivity contribution is 5.72. The second-order valence-electron chi connectivity index (χ2n) is 11.7. The van der Waals surface area contributed by atoms with Gasteiger partial charge in [-0.3, -0.25) is 9.59 Å². The normalized spacial score (nSPS) is 13.6. The number of quaternary nitrogens is 1. The summed E-state index contributed by atoms with van der Waals surface area (Å²) < 4.78 is 16.9. The molecule has 0 fully saturated rings. The van der Waals surface area contributed by atoms with Crippen LogP contribution in [0.1, 0.15) is 110 Å². The Labute approximate surface area is 255 Å². The SMILES string of the molecule is CC/C=C/C/C=C/C/C=C/CC(=O)OCC(COCCC(C(=O)O)[N+](C)(C)C)OC(=O)CCCCCCCCCCC. The molecule has 0 radical (unpaired) electrons. The number of carboxylic acids is 1. The summed E-state index contributed by atoms with van der Waals surface area (Å²) in [6.45, 7) is 4.44. The standard InChI is InChI=1S/C34H59NO7/c1-6-8-10-12-14-16-18-20-22-24-32(36)41-29-30(28-40-27-26-31(34(38)39)35(3,4)5)42-33(37)25-23-21-19-17-15-13-11-9-7-2/h8,10,14,16,20,22,30-31H,6-7,9,11-13,15,17-19,21,23-29H2,1-5H3/p+1/b10-8+,16-14+,22-20+. The number of hydrogen-bond acceptors (Lipinski definition) is 6. The highest BCUT2D eigenvalue weighted by atomic mass is 16.6. The minimum Gasteiger partial charge on any atom is -0.477 e.